The van der Waals surface area contributed by atoms with Gasteiger partial charge in [0.15, 0.2) is 0 Å². The number of amides is 1. The summed E-state index contributed by atoms with van der Waals surface area (Å²) in [6.45, 7) is 1.35. The molecule has 128 valence electrons. The molecule has 0 radical (unpaired) electrons. The van der Waals surface area contributed by atoms with Crippen molar-refractivity contribution in [2.75, 3.05) is 13.7 Å². The number of nitrogens with one attached hydrogen (secondary N) is 1. The van der Waals surface area contributed by atoms with Gasteiger partial charge in [-0.2, -0.15) is 0 Å². The summed E-state index contributed by atoms with van der Waals surface area (Å²) in [5, 5.41) is 11.3. The first-order valence-electron chi connectivity index (χ1n) is 8.21. The summed E-state index contributed by atoms with van der Waals surface area (Å²) in [6.07, 6.45) is 5.04. The average Bonchev–Trinajstić information content (AvgIpc) is 2.81. The van der Waals surface area contributed by atoms with E-state index < -0.39 is 5.82 Å². The molecule has 1 aromatic carbocycles. The number of rotatable bonds is 5. The molecule has 1 aliphatic heterocycles. The van der Waals surface area contributed by atoms with E-state index in [1.807, 2.05) is 0 Å². The molecule has 0 saturated heterocycles. The van der Waals surface area contributed by atoms with Crippen molar-refractivity contribution in [2.45, 2.75) is 38.6 Å². The fourth-order valence-electron chi connectivity index (χ4n) is 2.97. The van der Waals surface area contributed by atoms with Crippen molar-refractivity contribution in [2.24, 2.45) is 0 Å². The van der Waals surface area contributed by atoms with Gasteiger partial charge in [-0.1, -0.05) is 6.42 Å². The van der Waals surface area contributed by atoms with Crippen molar-refractivity contribution in [1.82, 2.24) is 20.1 Å². The van der Waals surface area contributed by atoms with Crippen molar-refractivity contribution in [3.05, 3.63) is 41.2 Å². The third-order valence-electron chi connectivity index (χ3n) is 4.23. The number of nitrogens with zero attached hydrogens (tertiary/aromatic N) is 3. The number of hydrogen-bond donors (Lipinski definition) is 1. The molecule has 3 rings (SSSR count). The van der Waals surface area contributed by atoms with E-state index in [9.17, 15) is 9.18 Å². The van der Waals surface area contributed by atoms with Crippen LogP contribution >= 0.6 is 0 Å². The van der Waals surface area contributed by atoms with Crippen LogP contribution in [-0.2, 0) is 19.4 Å². The Morgan fingerprint density at radius 3 is 3.04 bits per heavy atom. The number of benzene rings is 1. The lowest BCUT2D eigenvalue weighted by molar-refractivity contribution is 0.0950. The highest BCUT2D eigenvalue weighted by Crippen LogP contribution is 2.19. The van der Waals surface area contributed by atoms with Gasteiger partial charge in [-0.25, -0.2) is 4.39 Å². The van der Waals surface area contributed by atoms with Gasteiger partial charge in [-0.3, -0.25) is 4.79 Å². The highest BCUT2D eigenvalue weighted by atomic mass is 19.1. The molecule has 24 heavy (non-hydrogen) atoms. The van der Waals surface area contributed by atoms with Gasteiger partial charge in [0, 0.05) is 25.9 Å². The maximum Gasteiger partial charge on any atom is 0.255 e. The summed E-state index contributed by atoms with van der Waals surface area (Å²) in [7, 11) is 1.45. The zero-order valence-corrected chi connectivity index (χ0v) is 13.7. The van der Waals surface area contributed by atoms with Gasteiger partial charge < -0.3 is 14.6 Å². The standard InChI is InChI=1S/C17H21FN4O2/c1-24-14-7-6-12(18)11-13(14)17(23)19-9-8-16-21-20-15-5-3-2-4-10-22(15)16/h6-7,11H,2-5,8-10H2,1H3,(H,19,23). The number of aromatic nitrogens is 3. The lowest BCUT2D eigenvalue weighted by Crippen LogP contribution is -2.27. The van der Waals surface area contributed by atoms with Gasteiger partial charge in [0.05, 0.1) is 12.7 Å². The molecule has 2 aromatic rings. The first-order chi connectivity index (χ1) is 11.7. The first kappa shape index (κ1) is 16.4. The predicted octanol–water partition coefficient (Wildman–Crippen LogP) is 2.12. The number of methoxy groups -OCH3 is 1. The molecule has 0 atom stereocenters. The molecular formula is C17H21FN4O2. The van der Waals surface area contributed by atoms with E-state index in [1.165, 1.54) is 31.7 Å². The lowest BCUT2D eigenvalue weighted by atomic mass is 10.2. The Morgan fingerprint density at radius 2 is 2.21 bits per heavy atom. The topological polar surface area (TPSA) is 69.0 Å². The predicted molar refractivity (Wildman–Crippen MR) is 86.6 cm³/mol. The zero-order valence-electron chi connectivity index (χ0n) is 13.7. The van der Waals surface area contributed by atoms with Crippen LogP contribution in [0.4, 0.5) is 4.39 Å². The second kappa shape index (κ2) is 7.42. The normalized spacial score (nSPS) is 13.9. The van der Waals surface area contributed by atoms with Crippen LogP contribution in [-0.4, -0.2) is 34.3 Å². The Balaban J connectivity index is 1.62. The minimum atomic E-state index is -0.469. The van der Waals surface area contributed by atoms with E-state index in [1.54, 1.807) is 0 Å². The van der Waals surface area contributed by atoms with E-state index in [-0.39, 0.29) is 11.5 Å². The fourth-order valence-corrected chi connectivity index (χ4v) is 2.97. The molecule has 0 bridgehead atoms. The second-order valence-electron chi connectivity index (χ2n) is 5.85. The third-order valence-corrected chi connectivity index (χ3v) is 4.23. The molecule has 0 fully saturated rings. The van der Waals surface area contributed by atoms with Crippen LogP contribution in [0.15, 0.2) is 18.2 Å². The van der Waals surface area contributed by atoms with E-state index in [0.717, 1.165) is 37.5 Å². The van der Waals surface area contributed by atoms with E-state index in [2.05, 4.69) is 20.1 Å². The minimum Gasteiger partial charge on any atom is -0.496 e. The van der Waals surface area contributed by atoms with Crippen LogP contribution in [0.25, 0.3) is 0 Å². The Labute approximate surface area is 140 Å². The summed E-state index contributed by atoms with van der Waals surface area (Å²) in [5.41, 5.74) is 0.192. The third kappa shape index (κ3) is 3.55. The molecule has 2 heterocycles. The number of halogens is 1. The summed E-state index contributed by atoms with van der Waals surface area (Å²) < 4.78 is 20.6. The van der Waals surface area contributed by atoms with Crippen molar-refractivity contribution in [1.29, 1.82) is 0 Å². The van der Waals surface area contributed by atoms with Gasteiger partial charge in [0.25, 0.3) is 5.91 Å². The molecule has 1 amide bonds. The molecule has 0 aliphatic carbocycles. The first-order valence-corrected chi connectivity index (χ1v) is 8.21. The Morgan fingerprint density at radius 1 is 1.33 bits per heavy atom. The number of ether oxygens (including phenoxy) is 1. The van der Waals surface area contributed by atoms with Crippen LogP contribution in [0.3, 0.4) is 0 Å². The minimum absolute atomic E-state index is 0.192. The fraction of sp³-hybridized carbons (Fsp3) is 0.471. The van der Waals surface area contributed by atoms with Crippen LogP contribution < -0.4 is 10.1 Å². The van der Waals surface area contributed by atoms with Crippen LogP contribution in [0.5, 0.6) is 5.75 Å². The van der Waals surface area contributed by atoms with Gasteiger partial charge >= 0.3 is 0 Å². The maximum atomic E-state index is 13.4. The number of carbonyl (C=O) groups is 1. The number of aryl methyl sites for hydroxylation is 1. The highest BCUT2D eigenvalue weighted by Gasteiger charge is 2.16. The summed E-state index contributed by atoms with van der Waals surface area (Å²) in [5.74, 6) is 1.44. The highest BCUT2D eigenvalue weighted by molar-refractivity contribution is 5.96. The lowest BCUT2D eigenvalue weighted by Gasteiger charge is -2.10. The molecule has 0 unspecified atom stereocenters. The number of fused-ring (bicyclic) bond motifs is 1. The van der Waals surface area contributed by atoms with Gasteiger partial charge in [-0.15, -0.1) is 10.2 Å². The molecule has 0 saturated carbocycles. The van der Waals surface area contributed by atoms with Gasteiger partial charge in [0.2, 0.25) is 0 Å². The van der Waals surface area contributed by atoms with Crippen LogP contribution in [0.1, 0.15) is 41.3 Å². The van der Waals surface area contributed by atoms with E-state index in [4.69, 9.17) is 4.74 Å². The Kier molecular flexibility index (Phi) is 5.08. The second-order valence-corrected chi connectivity index (χ2v) is 5.85. The molecule has 0 spiro atoms. The van der Waals surface area contributed by atoms with Gasteiger partial charge in [-0.05, 0) is 31.0 Å². The quantitative estimate of drug-likeness (QED) is 0.911. The Bertz CT molecular complexity index is 729. The van der Waals surface area contributed by atoms with Crippen molar-refractivity contribution >= 4 is 5.91 Å². The number of carbonyl (C=O) groups excluding carboxylic acids is 1. The number of hydrogen-bond acceptors (Lipinski definition) is 4. The molecule has 1 aliphatic rings. The van der Waals surface area contributed by atoms with Crippen molar-refractivity contribution in [3.8, 4) is 5.75 Å². The van der Waals surface area contributed by atoms with Crippen molar-refractivity contribution in [3.63, 3.8) is 0 Å². The van der Waals surface area contributed by atoms with Crippen molar-refractivity contribution < 1.29 is 13.9 Å². The van der Waals surface area contributed by atoms with Crippen LogP contribution in [0, 0.1) is 5.82 Å². The summed E-state index contributed by atoms with van der Waals surface area (Å²) in [6, 6.07) is 3.89. The summed E-state index contributed by atoms with van der Waals surface area (Å²) in [4.78, 5) is 12.2. The van der Waals surface area contributed by atoms with E-state index >= 15 is 0 Å². The SMILES string of the molecule is COc1ccc(F)cc1C(=O)NCCc1nnc2n1CCCCC2. The molecule has 1 aromatic heterocycles. The largest absolute Gasteiger partial charge is 0.496 e. The molecular weight excluding hydrogens is 311 g/mol. The smallest absolute Gasteiger partial charge is 0.255 e. The Hall–Kier alpha value is -2.44. The maximum absolute atomic E-state index is 13.4. The monoisotopic (exact) mass is 332 g/mol. The molecule has 6 nitrogen and oxygen atoms in total. The molecule has 1 N–H and O–H groups in total. The van der Waals surface area contributed by atoms with E-state index in [0.29, 0.717) is 18.7 Å². The van der Waals surface area contributed by atoms with Gasteiger partial charge in [0.1, 0.15) is 23.2 Å². The average molecular weight is 332 g/mol. The molecule has 7 heteroatoms. The zero-order chi connectivity index (χ0) is 16.9. The van der Waals surface area contributed by atoms with Crippen LogP contribution in [0.2, 0.25) is 0 Å². The summed E-state index contributed by atoms with van der Waals surface area (Å²) >= 11 is 0.